The molecule has 1 atom stereocenters. The Labute approximate surface area is 113 Å². The quantitative estimate of drug-likeness (QED) is 0.516. The van der Waals surface area contributed by atoms with Crippen LogP contribution in [0.4, 0.5) is 11.4 Å². The van der Waals surface area contributed by atoms with Crippen molar-refractivity contribution in [3.05, 3.63) is 31.9 Å². The van der Waals surface area contributed by atoms with E-state index in [9.17, 15) is 10.1 Å². The van der Waals surface area contributed by atoms with Crippen LogP contribution in [-0.4, -0.2) is 24.7 Å². The molecule has 0 aromatic heterocycles. The van der Waals surface area contributed by atoms with E-state index in [2.05, 4.69) is 27.9 Å². The molecule has 1 fully saturated rings. The van der Waals surface area contributed by atoms with Crippen LogP contribution in [0.15, 0.2) is 18.2 Å². The molecule has 2 rings (SSSR count). The zero-order valence-electron chi connectivity index (χ0n) is 9.19. The second-order valence-corrected chi connectivity index (χ2v) is 5.27. The minimum absolute atomic E-state index is 0.135. The maximum absolute atomic E-state index is 10.9. The SMILES string of the molecule is O=[N+]([O-])c1cc(I)ccc1NCC1CCOC1. The number of nitrogens with zero attached hydrogens (tertiary/aromatic N) is 1. The van der Waals surface area contributed by atoms with Crippen molar-refractivity contribution in [3.8, 4) is 0 Å². The molecular formula is C11H13IN2O3. The molecule has 1 aromatic carbocycles. The highest BCUT2D eigenvalue weighted by atomic mass is 127. The number of rotatable bonds is 4. The van der Waals surface area contributed by atoms with Crippen molar-refractivity contribution in [2.24, 2.45) is 5.92 Å². The molecule has 0 amide bonds. The molecular weight excluding hydrogens is 335 g/mol. The van der Waals surface area contributed by atoms with Gasteiger partial charge in [-0.05, 0) is 41.1 Å². The highest BCUT2D eigenvalue weighted by molar-refractivity contribution is 14.1. The van der Waals surface area contributed by atoms with Gasteiger partial charge in [-0.3, -0.25) is 10.1 Å². The summed E-state index contributed by atoms with van der Waals surface area (Å²) in [5.41, 5.74) is 0.720. The number of nitrogens with one attached hydrogen (secondary N) is 1. The summed E-state index contributed by atoms with van der Waals surface area (Å²) in [6.45, 7) is 2.26. The third-order valence-electron chi connectivity index (χ3n) is 2.76. The van der Waals surface area contributed by atoms with Crippen LogP contribution in [0.5, 0.6) is 0 Å². The van der Waals surface area contributed by atoms with E-state index in [0.29, 0.717) is 11.6 Å². The van der Waals surface area contributed by atoms with Crippen LogP contribution in [0.1, 0.15) is 6.42 Å². The van der Waals surface area contributed by atoms with E-state index in [0.717, 1.165) is 29.7 Å². The molecule has 0 bridgehead atoms. The van der Waals surface area contributed by atoms with Gasteiger partial charge in [0.1, 0.15) is 5.69 Å². The number of hydrogen-bond acceptors (Lipinski definition) is 4. The largest absolute Gasteiger partial charge is 0.381 e. The number of hydrogen-bond donors (Lipinski definition) is 1. The van der Waals surface area contributed by atoms with Crippen molar-refractivity contribution < 1.29 is 9.66 Å². The van der Waals surface area contributed by atoms with E-state index in [4.69, 9.17) is 4.74 Å². The van der Waals surface area contributed by atoms with E-state index in [1.165, 1.54) is 0 Å². The molecule has 0 radical (unpaired) electrons. The first-order valence-corrected chi connectivity index (χ1v) is 6.50. The Morgan fingerprint density at radius 3 is 3.06 bits per heavy atom. The average molecular weight is 348 g/mol. The lowest BCUT2D eigenvalue weighted by Gasteiger charge is -2.11. The molecule has 6 heteroatoms. The minimum Gasteiger partial charge on any atom is -0.381 e. The van der Waals surface area contributed by atoms with Crippen molar-refractivity contribution in [2.75, 3.05) is 25.1 Å². The summed E-state index contributed by atoms with van der Waals surface area (Å²) >= 11 is 2.07. The Morgan fingerprint density at radius 1 is 1.59 bits per heavy atom. The first-order chi connectivity index (χ1) is 8.16. The third-order valence-corrected chi connectivity index (χ3v) is 3.43. The fourth-order valence-corrected chi connectivity index (χ4v) is 2.28. The fourth-order valence-electron chi connectivity index (χ4n) is 1.80. The Morgan fingerprint density at radius 2 is 2.41 bits per heavy atom. The molecule has 1 heterocycles. The van der Waals surface area contributed by atoms with Crippen molar-refractivity contribution in [1.82, 2.24) is 0 Å². The number of benzene rings is 1. The van der Waals surface area contributed by atoms with E-state index in [-0.39, 0.29) is 10.6 Å². The van der Waals surface area contributed by atoms with Gasteiger partial charge in [-0.2, -0.15) is 0 Å². The van der Waals surface area contributed by atoms with E-state index < -0.39 is 0 Å². The van der Waals surface area contributed by atoms with Crippen LogP contribution < -0.4 is 5.32 Å². The lowest BCUT2D eigenvalue weighted by atomic mass is 10.1. The predicted octanol–water partition coefficient (Wildman–Crippen LogP) is 2.65. The van der Waals surface area contributed by atoms with Crippen LogP contribution in [0.25, 0.3) is 0 Å². The molecule has 1 aliphatic heterocycles. The Hall–Kier alpha value is -0.890. The van der Waals surface area contributed by atoms with Crippen molar-refractivity contribution >= 4 is 34.0 Å². The second kappa shape index (κ2) is 5.63. The molecule has 0 aliphatic carbocycles. The fraction of sp³-hybridized carbons (Fsp3) is 0.455. The monoisotopic (exact) mass is 348 g/mol. The van der Waals surface area contributed by atoms with Gasteiger partial charge in [0.25, 0.3) is 5.69 Å². The lowest BCUT2D eigenvalue weighted by molar-refractivity contribution is -0.384. The highest BCUT2D eigenvalue weighted by Crippen LogP contribution is 2.27. The molecule has 1 saturated heterocycles. The summed E-state index contributed by atoms with van der Waals surface area (Å²) in [5, 5.41) is 14.0. The Kier molecular flexibility index (Phi) is 4.16. The van der Waals surface area contributed by atoms with Crippen molar-refractivity contribution in [3.63, 3.8) is 0 Å². The van der Waals surface area contributed by atoms with Crippen LogP contribution in [0.2, 0.25) is 0 Å². The molecule has 1 N–H and O–H groups in total. The van der Waals surface area contributed by atoms with Crippen LogP contribution >= 0.6 is 22.6 Å². The van der Waals surface area contributed by atoms with E-state index in [1.54, 1.807) is 12.1 Å². The lowest BCUT2D eigenvalue weighted by Crippen LogP contribution is -2.14. The molecule has 0 saturated carbocycles. The topological polar surface area (TPSA) is 64.4 Å². The average Bonchev–Trinajstić information content (AvgIpc) is 2.80. The molecule has 1 aromatic rings. The number of ether oxygens (including phenoxy) is 1. The van der Waals surface area contributed by atoms with Gasteiger partial charge < -0.3 is 10.1 Å². The number of anilines is 1. The van der Waals surface area contributed by atoms with E-state index >= 15 is 0 Å². The van der Waals surface area contributed by atoms with Crippen LogP contribution in [0.3, 0.4) is 0 Å². The number of nitro benzene ring substituents is 1. The maximum atomic E-state index is 10.9. The van der Waals surface area contributed by atoms with Gasteiger partial charge in [-0.15, -0.1) is 0 Å². The summed E-state index contributed by atoms with van der Waals surface area (Å²) < 4.78 is 6.13. The summed E-state index contributed by atoms with van der Waals surface area (Å²) in [5.74, 6) is 0.453. The molecule has 1 aliphatic rings. The first-order valence-electron chi connectivity index (χ1n) is 5.42. The molecule has 1 unspecified atom stereocenters. The van der Waals surface area contributed by atoms with Gasteiger partial charge in [0.15, 0.2) is 0 Å². The van der Waals surface area contributed by atoms with Gasteiger partial charge in [-0.25, -0.2) is 0 Å². The second-order valence-electron chi connectivity index (χ2n) is 4.03. The van der Waals surface area contributed by atoms with Gasteiger partial charge in [0.2, 0.25) is 0 Å². The number of nitro groups is 1. The smallest absolute Gasteiger partial charge is 0.293 e. The maximum Gasteiger partial charge on any atom is 0.293 e. The van der Waals surface area contributed by atoms with Gasteiger partial charge in [0, 0.05) is 28.7 Å². The summed E-state index contributed by atoms with van der Waals surface area (Å²) in [4.78, 5) is 10.6. The van der Waals surface area contributed by atoms with Gasteiger partial charge in [-0.1, -0.05) is 0 Å². The molecule has 92 valence electrons. The summed E-state index contributed by atoms with van der Waals surface area (Å²) in [7, 11) is 0. The zero-order chi connectivity index (χ0) is 12.3. The Balaban J connectivity index is 2.06. The van der Waals surface area contributed by atoms with Gasteiger partial charge >= 0.3 is 0 Å². The Bertz CT molecular complexity index is 419. The minimum atomic E-state index is -0.352. The zero-order valence-corrected chi connectivity index (χ0v) is 11.3. The van der Waals surface area contributed by atoms with Crippen LogP contribution in [-0.2, 0) is 4.74 Å². The third kappa shape index (κ3) is 3.29. The predicted molar refractivity (Wildman–Crippen MR) is 73.2 cm³/mol. The molecule has 5 nitrogen and oxygen atoms in total. The highest BCUT2D eigenvalue weighted by Gasteiger charge is 2.18. The van der Waals surface area contributed by atoms with Gasteiger partial charge in [0.05, 0.1) is 11.5 Å². The molecule has 17 heavy (non-hydrogen) atoms. The van der Waals surface area contributed by atoms with Crippen LogP contribution in [0, 0.1) is 19.6 Å². The van der Waals surface area contributed by atoms with E-state index in [1.807, 2.05) is 6.07 Å². The first kappa shape index (κ1) is 12.6. The molecule has 0 spiro atoms. The normalized spacial score (nSPS) is 19.2. The summed E-state index contributed by atoms with van der Waals surface area (Å²) in [6, 6.07) is 5.20. The van der Waals surface area contributed by atoms with Crippen molar-refractivity contribution in [2.45, 2.75) is 6.42 Å². The van der Waals surface area contributed by atoms with Crippen molar-refractivity contribution in [1.29, 1.82) is 0 Å². The summed E-state index contributed by atoms with van der Waals surface area (Å²) in [6.07, 6.45) is 1.02. The number of halogens is 1. The standard InChI is InChI=1S/C11H13IN2O3/c12-9-1-2-10(11(5-9)14(15)16)13-6-8-3-4-17-7-8/h1-2,5,8,13H,3-4,6-7H2.